The fourth-order valence-corrected chi connectivity index (χ4v) is 2.49. The molecule has 8 nitrogen and oxygen atoms in total. The van der Waals surface area contributed by atoms with Gasteiger partial charge in [-0.2, -0.15) is 0 Å². The van der Waals surface area contributed by atoms with Crippen LogP contribution >= 0.6 is 15.9 Å². The molecule has 0 spiro atoms. The first-order chi connectivity index (χ1) is 12.8. The van der Waals surface area contributed by atoms with Crippen molar-refractivity contribution >= 4 is 39.2 Å². The minimum Gasteiger partial charge on any atom is -0.495 e. The van der Waals surface area contributed by atoms with E-state index in [2.05, 4.69) is 25.4 Å². The Hall–Kier alpha value is -2.94. The Morgan fingerprint density at radius 3 is 1.85 bits per heavy atom. The predicted octanol–water partition coefficient (Wildman–Crippen LogP) is 2.89. The molecule has 4 N–H and O–H groups in total. The van der Waals surface area contributed by atoms with E-state index in [0.717, 1.165) is 0 Å². The van der Waals surface area contributed by atoms with Crippen LogP contribution in [0.3, 0.4) is 0 Å². The largest absolute Gasteiger partial charge is 0.495 e. The molecule has 2 rings (SSSR count). The van der Waals surface area contributed by atoms with Gasteiger partial charge >= 0.3 is 11.9 Å². The van der Waals surface area contributed by atoms with E-state index in [1.54, 1.807) is 30.3 Å². The smallest absolute Gasteiger partial charge is 0.340 e. The molecular formula is C18H21BrN2O6. The minimum atomic E-state index is -0.484. The normalized spacial score (nSPS) is 9.52. The van der Waals surface area contributed by atoms with E-state index >= 15 is 0 Å². The summed E-state index contributed by atoms with van der Waals surface area (Å²) in [5.41, 5.74) is 12.5. The second-order valence-electron chi connectivity index (χ2n) is 4.97. The van der Waals surface area contributed by atoms with Gasteiger partial charge in [-0.05, 0) is 24.3 Å². The number of para-hydroxylation sites is 1. The molecule has 0 saturated heterocycles. The highest BCUT2D eigenvalue weighted by molar-refractivity contribution is 9.10. The first-order valence-corrected chi connectivity index (χ1v) is 8.32. The lowest BCUT2D eigenvalue weighted by molar-refractivity contribution is 0.0592. The van der Waals surface area contributed by atoms with Crippen LogP contribution in [0.25, 0.3) is 0 Å². The standard InChI is InChI=1S/C9H10BrNO3.C9H11NO3/c1-13-7-4-5(10)3-6(8(7)11)9(12)14-2;1-12-7-5-3-4-6(8(7)10)9(11)13-2/h3-4H,11H2,1-2H3;3-5H,10H2,1-2H3. The second kappa shape index (κ2) is 10.3. The Morgan fingerprint density at radius 1 is 0.815 bits per heavy atom. The Kier molecular flexibility index (Phi) is 8.40. The maximum absolute atomic E-state index is 11.3. The number of ether oxygens (including phenoxy) is 4. The number of hydrogen-bond donors (Lipinski definition) is 2. The highest BCUT2D eigenvalue weighted by Crippen LogP contribution is 2.30. The van der Waals surface area contributed by atoms with Gasteiger partial charge in [0.2, 0.25) is 0 Å². The fraction of sp³-hybridized carbons (Fsp3) is 0.222. The molecule has 0 unspecified atom stereocenters. The second-order valence-corrected chi connectivity index (χ2v) is 5.89. The number of nitrogens with two attached hydrogens (primary N) is 2. The number of nitrogen functional groups attached to an aromatic ring is 2. The molecule has 0 amide bonds. The summed E-state index contributed by atoms with van der Waals surface area (Å²) in [6.45, 7) is 0. The Bertz CT molecular complexity index is 826. The molecule has 0 aliphatic rings. The lowest BCUT2D eigenvalue weighted by Gasteiger charge is -2.09. The van der Waals surface area contributed by atoms with E-state index in [-0.39, 0.29) is 5.69 Å². The number of anilines is 2. The molecule has 0 aromatic heterocycles. The molecule has 9 heteroatoms. The van der Waals surface area contributed by atoms with Crippen LogP contribution in [-0.2, 0) is 9.47 Å². The summed E-state index contributed by atoms with van der Waals surface area (Å²) in [4.78, 5) is 22.4. The first kappa shape index (κ1) is 22.1. The maximum Gasteiger partial charge on any atom is 0.340 e. The van der Waals surface area contributed by atoms with Gasteiger partial charge in [-0.15, -0.1) is 0 Å². The van der Waals surface area contributed by atoms with Crippen LogP contribution in [0, 0.1) is 0 Å². The third-order valence-corrected chi connectivity index (χ3v) is 3.88. The van der Waals surface area contributed by atoms with Gasteiger partial charge in [0.25, 0.3) is 0 Å². The van der Waals surface area contributed by atoms with Crippen LogP contribution < -0.4 is 20.9 Å². The van der Waals surface area contributed by atoms with Crippen molar-refractivity contribution in [2.75, 3.05) is 39.9 Å². The van der Waals surface area contributed by atoms with Crippen LogP contribution in [0.1, 0.15) is 20.7 Å². The Balaban J connectivity index is 0.000000271. The van der Waals surface area contributed by atoms with Crippen molar-refractivity contribution in [1.29, 1.82) is 0 Å². The van der Waals surface area contributed by atoms with Gasteiger partial charge in [0.15, 0.2) is 0 Å². The number of esters is 2. The summed E-state index contributed by atoms with van der Waals surface area (Å²) < 4.78 is 19.8. The average Bonchev–Trinajstić information content (AvgIpc) is 2.68. The topological polar surface area (TPSA) is 123 Å². The average molecular weight is 441 g/mol. The molecule has 0 aliphatic heterocycles. The molecule has 0 radical (unpaired) electrons. The van der Waals surface area contributed by atoms with E-state index in [9.17, 15) is 9.59 Å². The SMILES string of the molecule is COC(=O)c1cc(Br)cc(OC)c1N.COC(=O)c1cccc(OC)c1N. The number of benzene rings is 2. The van der Waals surface area contributed by atoms with Crippen LogP contribution in [0.4, 0.5) is 11.4 Å². The number of carbonyl (C=O) groups excluding carboxylic acids is 2. The number of halogens is 1. The van der Waals surface area contributed by atoms with Gasteiger partial charge in [-0.25, -0.2) is 9.59 Å². The van der Waals surface area contributed by atoms with Crippen LogP contribution in [0.2, 0.25) is 0 Å². The summed E-state index contributed by atoms with van der Waals surface area (Å²) >= 11 is 3.24. The summed E-state index contributed by atoms with van der Waals surface area (Å²) in [5.74, 6) is -0.0267. The molecule has 146 valence electrons. The minimum absolute atomic E-state index is 0.280. The maximum atomic E-state index is 11.3. The van der Waals surface area contributed by atoms with Crippen LogP contribution in [-0.4, -0.2) is 40.4 Å². The lowest BCUT2D eigenvalue weighted by Crippen LogP contribution is -2.07. The fourth-order valence-electron chi connectivity index (χ4n) is 2.05. The molecule has 27 heavy (non-hydrogen) atoms. The monoisotopic (exact) mass is 440 g/mol. The highest BCUT2D eigenvalue weighted by atomic mass is 79.9. The van der Waals surface area contributed by atoms with Crippen molar-refractivity contribution < 1.29 is 28.5 Å². The van der Waals surface area contributed by atoms with Crippen LogP contribution in [0.15, 0.2) is 34.8 Å². The molecule has 0 bridgehead atoms. The summed E-state index contributed by atoms with van der Waals surface area (Å²) in [6, 6.07) is 8.22. The molecular weight excluding hydrogens is 420 g/mol. The number of carbonyl (C=O) groups is 2. The number of hydrogen-bond acceptors (Lipinski definition) is 8. The van der Waals surface area contributed by atoms with Gasteiger partial charge in [0.05, 0.1) is 50.9 Å². The summed E-state index contributed by atoms with van der Waals surface area (Å²) in [5, 5.41) is 0. The zero-order valence-electron chi connectivity index (χ0n) is 15.4. The van der Waals surface area contributed by atoms with E-state index in [1.807, 2.05) is 0 Å². The summed E-state index contributed by atoms with van der Waals surface area (Å²) in [6.07, 6.45) is 0. The van der Waals surface area contributed by atoms with Gasteiger partial charge in [-0.3, -0.25) is 0 Å². The molecule has 0 saturated carbocycles. The number of rotatable bonds is 4. The van der Waals surface area contributed by atoms with Crippen LogP contribution in [0.5, 0.6) is 11.5 Å². The van der Waals surface area contributed by atoms with E-state index in [1.165, 1.54) is 28.4 Å². The van der Waals surface area contributed by atoms with E-state index in [4.69, 9.17) is 20.9 Å². The van der Waals surface area contributed by atoms with E-state index < -0.39 is 11.9 Å². The zero-order chi connectivity index (χ0) is 20.6. The van der Waals surface area contributed by atoms with E-state index in [0.29, 0.717) is 32.8 Å². The number of methoxy groups -OCH3 is 4. The molecule has 2 aromatic rings. The van der Waals surface area contributed by atoms with Crippen molar-refractivity contribution in [3.8, 4) is 11.5 Å². The van der Waals surface area contributed by atoms with Gasteiger partial charge in [-0.1, -0.05) is 22.0 Å². The van der Waals surface area contributed by atoms with Gasteiger partial charge < -0.3 is 30.4 Å². The van der Waals surface area contributed by atoms with Crippen molar-refractivity contribution in [2.45, 2.75) is 0 Å². The van der Waals surface area contributed by atoms with Crippen molar-refractivity contribution in [3.05, 3.63) is 45.9 Å². The van der Waals surface area contributed by atoms with Gasteiger partial charge in [0, 0.05) is 4.47 Å². The molecule has 2 aromatic carbocycles. The first-order valence-electron chi connectivity index (χ1n) is 7.52. The predicted molar refractivity (Wildman–Crippen MR) is 105 cm³/mol. The third kappa shape index (κ3) is 5.52. The zero-order valence-corrected chi connectivity index (χ0v) is 17.0. The third-order valence-electron chi connectivity index (χ3n) is 3.42. The van der Waals surface area contributed by atoms with Crippen molar-refractivity contribution in [2.24, 2.45) is 0 Å². The molecule has 0 heterocycles. The lowest BCUT2D eigenvalue weighted by atomic mass is 10.1. The Labute approximate surface area is 165 Å². The highest BCUT2D eigenvalue weighted by Gasteiger charge is 2.15. The molecule has 0 aliphatic carbocycles. The Morgan fingerprint density at radius 2 is 1.33 bits per heavy atom. The summed E-state index contributed by atoms with van der Waals surface area (Å²) in [7, 11) is 5.59. The molecule has 0 atom stereocenters. The molecule has 0 fully saturated rings. The van der Waals surface area contributed by atoms with Crippen molar-refractivity contribution in [1.82, 2.24) is 0 Å². The quantitative estimate of drug-likeness (QED) is 0.549. The van der Waals surface area contributed by atoms with Crippen molar-refractivity contribution in [3.63, 3.8) is 0 Å². The van der Waals surface area contributed by atoms with Gasteiger partial charge in [0.1, 0.15) is 11.5 Å².